The molecule has 108 valence electrons. The van der Waals surface area contributed by atoms with E-state index in [0.29, 0.717) is 5.56 Å². The molecule has 1 amide bonds. The second kappa shape index (κ2) is 7.14. The second-order valence-electron chi connectivity index (χ2n) is 4.19. The van der Waals surface area contributed by atoms with Gasteiger partial charge in [0, 0.05) is 6.07 Å². The molecule has 0 saturated carbocycles. The zero-order valence-electron chi connectivity index (χ0n) is 11.1. The number of pyridine rings is 1. The normalized spacial score (nSPS) is 9.95. The van der Waals surface area contributed by atoms with Crippen LogP contribution in [-0.4, -0.2) is 25.0 Å². The van der Waals surface area contributed by atoms with Crippen molar-refractivity contribution in [2.75, 3.05) is 13.2 Å². The van der Waals surface area contributed by atoms with Gasteiger partial charge in [-0.05, 0) is 30.3 Å². The first-order valence-electron chi connectivity index (χ1n) is 6.34. The standard InChI is InChI=1S/C15H13FN2O3/c16-13-5-3-11(4-6-13)15(20)21-9-8-18-14(19)12-2-1-7-17-10-12/h1-7,10H,8-9H2,(H,18,19)/p+1. The number of hydrogen-bond acceptors (Lipinski definition) is 3. The van der Waals surface area contributed by atoms with Crippen molar-refractivity contribution in [3.8, 4) is 0 Å². The van der Waals surface area contributed by atoms with E-state index in [4.69, 9.17) is 4.74 Å². The molecule has 2 aromatic rings. The van der Waals surface area contributed by atoms with Crippen LogP contribution in [0.4, 0.5) is 4.39 Å². The molecule has 0 fully saturated rings. The van der Waals surface area contributed by atoms with Gasteiger partial charge in [-0.1, -0.05) is 0 Å². The minimum absolute atomic E-state index is 0.0402. The summed E-state index contributed by atoms with van der Waals surface area (Å²) >= 11 is 0. The summed E-state index contributed by atoms with van der Waals surface area (Å²) in [6.07, 6.45) is 3.26. The molecule has 2 N–H and O–H groups in total. The van der Waals surface area contributed by atoms with E-state index in [1.807, 2.05) is 0 Å². The molecule has 0 atom stereocenters. The van der Waals surface area contributed by atoms with Crippen LogP contribution in [0, 0.1) is 5.82 Å². The molecule has 6 heteroatoms. The van der Waals surface area contributed by atoms with Crippen molar-refractivity contribution in [1.29, 1.82) is 0 Å². The summed E-state index contributed by atoms with van der Waals surface area (Å²) in [7, 11) is 0. The summed E-state index contributed by atoms with van der Waals surface area (Å²) in [6, 6.07) is 8.43. The van der Waals surface area contributed by atoms with E-state index in [1.54, 1.807) is 24.5 Å². The average Bonchev–Trinajstić information content (AvgIpc) is 2.52. The molecule has 0 bridgehead atoms. The highest BCUT2D eigenvalue weighted by Crippen LogP contribution is 2.04. The lowest BCUT2D eigenvalue weighted by atomic mass is 10.2. The first-order valence-corrected chi connectivity index (χ1v) is 6.34. The molecule has 2 rings (SSSR count). The van der Waals surface area contributed by atoms with Crippen molar-refractivity contribution in [1.82, 2.24) is 5.32 Å². The van der Waals surface area contributed by atoms with Gasteiger partial charge in [0.15, 0.2) is 12.4 Å². The summed E-state index contributed by atoms with van der Waals surface area (Å²) in [6.45, 7) is 0.235. The van der Waals surface area contributed by atoms with Crippen LogP contribution in [0.1, 0.15) is 20.7 Å². The third kappa shape index (κ3) is 4.38. The Bertz CT molecular complexity index is 615. The van der Waals surface area contributed by atoms with Gasteiger partial charge in [-0.3, -0.25) is 4.79 Å². The fraction of sp³-hybridized carbons (Fsp3) is 0.133. The zero-order chi connectivity index (χ0) is 15.1. The van der Waals surface area contributed by atoms with E-state index >= 15 is 0 Å². The number of carbonyl (C=O) groups excluding carboxylic acids is 2. The maximum absolute atomic E-state index is 12.7. The van der Waals surface area contributed by atoms with Crippen LogP contribution >= 0.6 is 0 Å². The van der Waals surface area contributed by atoms with Gasteiger partial charge in [0.05, 0.1) is 12.1 Å². The first kappa shape index (κ1) is 14.6. The molecule has 0 unspecified atom stereocenters. The Labute approximate surface area is 120 Å². The predicted octanol–water partition coefficient (Wildman–Crippen LogP) is 1.23. The number of halogens is 1. The molecule has 0 aliphatic rings. The minimum Gasteiger partial charge on any atom is -0.460 e. The number of benzene rings is 1. The number of nitrogens with one attached hydrogen (secondary N) is 2. The molecular weight excluding hydrogens is 275 g/mol. The quantitative estimate of drug-likeness (QED) is 0.665. The molecule has 0 aliphatic heterocycles. The van der Waals surface area contributed by atoms with Crippen molar-refractivity contribution in [2.24, 2.45) is 0 Å². The molecule has 0 saturated heterocycles. The van der Waals surface area contributed by atoms with E-state index in [1.165, 1.54) is 24.3 Å². The number of H-pyrrole nitrogens is 1. The number of carbonyl (C=O) groups is 2. The highest BCUT2D eigenvalue weighted by molar-refractivity contribution is 5.93. The van der Waals surface area contributed by atoms with Gasteiger partial charge in [-0.2, -0.15) is 0 Å². The van der Waals surface area contributed by atoms with Crippen molar-refractivity contribution in [2.45, 2.75) is 0 Å². The number of amides is 1. The Morgan fingerprint density at radius 2 is 1.90 bits per heavy atom. The lowest BCUT2D eigenvalue weighted by Crippen LogP contribution is -2.28. The molecular formula is C15H14FN2O3+. The molecule has 21 heavy (non-hydrogen) atoms. The highest BCUT2D eigenvalue weighted by atomic mass is 19.1. The second-order valence-corrected chi connectivity index (χ2v) is 4.19. The van der Waals surface area contributed by atoms with Gasteiger partial charge in [-0.15, -0.1) is 0 Å². The van der Waals surface area contributed by atoms with Crippen molar-refractivity contribution >= 4 is 11.9 Å². The largest absolute Gasteiger partial charge is 0.460 e. The summed E-state index contributed by atoms with van der Waals surface area (Å²) in [5.74, 6) is -1.24. The maximum atomic E-state index is 12.7. The number of aromatic nitrogens is 1. The summed E-state index contributed by atoms with van der Waals surface area (Å²) < 4.78 is 17.7. The molecule has 1 aromatic carbocycles. The van der Waals surface area contributed by atoms with Crippen LogP contribution < -0.4 is 10.3 Å². The van der Waals surface area contributed by atoms with E-state index in [2.05, 4.69) is 10.3 Å². The van der Waals surface area contributed by atoms with Crippen LogP contribution in [-0.2, 0) is 4.74 Å². The van der Waals surface area contributed by atoms with E-state index in [9.17, 15) is 14.0 Å². The maximum Gasteiger partial charge on any atom is 0.338 e. The number of esters is 1. The van der Waals surface area contributed by atoms with Crippen LogP contribution in [0.2, 0.25) is 0 Å². The topological polar surface area (TPSA) is 69.5 Å². The fourth-order valence-electron chi connectivity index (χ4n) is 1.61. The van der Waals surface area contributed by atoms with Gasteiger partial charge in [0.1, 0.15) is 18.0 Å². The van der Waals surface area contributed by atoms with Gasteiger partial charge in [0.2, 0.25) is 0 Å². The monoisotopic (exact) mass is 289 g/mol. The molecule has 0 radical (unpaired) electrons. The summed E-state index contributed by atoms with van der Waals surface area (Å²) in [4.78, 5) is 26.1. The van der Waals surface area contributed by atoms with Crippen LogP contribution in [0.3, 0.4) is 0 Å². The van der Waals surface area contributed by atoms with Crippen molar-refractivity contribution in [3.05, 3.63) is 65.7 Å². The Kier molecular flexibility index (Phi) is 4.98. The third-order valence-corrected chi connectivity index (χ3v) is 2.67. The van der Waals surface area contributed by atoms with Gasteiger partial charge in [0.25, 0.3) is 5.91 Å². The molecule has 0 aliphatic carbocycles. The van der Waals surface area contributed by atoms with Crippen LogP contribution in [0.25, 0.3) is 0 Å². The molecule has 5 nitrogen and oxygen atoms in total. The third-order valence-electron chi connectivity index (χ3n) is 2.67. The van der Waals surface area contributed by atoms with Crippen LogP contribution in [0.15, 0.2) is 48.8 Å². The SMILES string of the molecule is O=C(NCCOC(=O)c1ccc(F)cc1)c1ccc[nH+]c1. The van der Waals surface area contributed by atoms with Crippen LogP contribution in [0.5, 0.6) is 0 Å². The van der Waals surface area contributed by atoms with E-state index < -0.39 is 11.8 Å². The lowest BCUT2D eigenvalue weighted by Gasteiger charge is -2.06. The average molecular weight is 289 g/mol. The molecule has 1 aromatic heterocycles. The summed E-state index contributed by atoms with van der Waals surface area (Å²) in [5.41, 5.74) is 0.753. The first-order chi connectivity index (χ1) is 10.2. The van der Waals surface area contributed by atoms with Crippen molar-refractivity contribution in [3.63, 3.8) is 0 Å². The van der Waals surface area contributed by atoms with Gasteiger partial charge < -0.3 is 10.1 Å². The highest BCUT2D eigenvalue weighted by Gasteiger charge is 2.09. The van der Waals surface area contributed by atoms with Gasteiger partial charge in [-0.25, -0.2) is 14.2 Å². The van der Waals surface area contributed by atoms with Gasteiger partial charge >= 0.3 is 5.97 Å². The Balaban J connectivity index is 1.73. The summed E-state index contributed by atoms with van der Waals surface area (Å²) in [5, 5.41) is 2.62. The lowest BCUT2D eigenvalue weighted by molar-refractivity contribution is -0.378. The Morgan fingerprint density at radius 1 is 1.14 bits per heavy atom. The minimum atomic E-state index is -0.558. The number of rotatable bonds is 5. The zero-order valence-corrected chi connectivity index (χ0v) is 11.1. The number of hydrogen-bond donors (Lipinski definition) is 1. The molecule has 0 spiro atoms. The number of ether oxygens (including phenoxy) is 1. The van der Waals surface area contributed by atoms with E-state index in [0.717, 1.165) is 0 Å². The predicted molar refractivity (Wildman–Crippen MR) is 72.0 cm³/mol. The Morgan fingerprint density at radius 3 is 2.57 bits per heavy atom. The number of aromatic amines is 1. The molecule has 1 heterocycles. The van der Waals surface area contributed by atoms with E-state index in [-0.39, 0.29) is 24.6 Å². The van der Waals surface area contributed by atoms with Crippen molar-refractivity contribution < 1.29 is 23.7 Å². The fourth-order valence-corrected chi connectivity index (χ4v) is 1.61. The smallest absolute Gasteiger partial charge is 0.338 e. The Hall–Kier alpha value is -2.76.